The second-order valence-electron chi connectivity index (χ2n) is 8.26. The second-order valence-corrected chi connectivity index (χ2v) is 9.18. The van der Waals surface area contributed by atoms with E-state index in [2.05, 4.69) is 26.9 Å². The number of carbonyl (C=O) groups is 1. The smallest absolute Gasteiger partial charge is 0.254 e. The summed E-state index contributed by atoms with van der Waals surface area (Å²) in [5.74, 6) is 0.933. The number of nitrogens with zero attached hydrogens (tertiary/aromatic N) is 3. The number of pyridine rings is 1. The number of amides is 1. The van der Waals surface area contributed by atoms with E-state index in [1.54, 1.807) is 0 Å². The normalized spacial score (nSPS) is 13.8. The number of carbonyl (C=O) groups excluding carboxylic acids is 1. The molecule has 0 unspecified atom stereocenters. The molecule has 1 amide bonds. The van der Waals surface area contributed by atoms with E-state index in [0.717, 1.165) is 51.2 Å². The molecule has 5 rings (SSSR count). The van der Waals surface area contributed by atoms with Crippen LogP contribution in [-0.4, -0.2) is 48.6 Å². The zero-order valence-corrected chi connectivity index (χ0v) is 20.7. The molecule has 5 nitrogen and oxygen atoms in total. The van der Waals surface area contributed by atoms with E-state index < -0.39 is 0 Å². The van der Waals surface area contributed by atoms with Crippen LogP contribution in [0.25, 0.3) is 22.2 Å². The minimum absolute atomic E-state index is 0.0421. The van der Waals surface area contributed by atoms with Crippen molar-refractivity contribution in [2.45, 2.75) is 6.92 Å². The molecule has 1 aliphatic heterocycles. The minimum atomic E-state index is 0.0421. The van der Waals surface area contributed by atoms with Gasteiger partial charge in [0.25, 0.3) is 5.91 Å². The van der Waals surface area contributed by atoms with Crippen LogP contribution in [0.1, 0.15) is 17.3 Å². The Morgan fingerprint density at radius 2 is 1.68 bits per heavy atom. The Morgan fingerprint density at radius 1 is 0.941 bits per heavy atom. The number of hydrogen-bond donors (Lipinski definition) is 0. The van der Waals surface area contributed by atoms with Gasteiger partial charge in [0.15, 0.2) is 0 Å². The van der Waals surface area contributed by atoms with E-state index in [0.29, 0.717) is 25.3 Å². The third-order valence-corrected chi connectivity index (χ3v) is 6.64. The van der Waals surface area contributed by atoms with Crippen LogP contribution in [0.15, 0.2) is 83.3 Å². The summed E-state index contributed by atoms with van der Waals surface area (Å²) >= 11 is 3.56. The maximum atomic E-state index is 13.8. The first kappa shape index (κ1) is 22.4. The van der Waals surface area contributed by atoms with Crippen molar-refractivity contribution < 1.29 is 9.53 Å². The molecule has 1 fully saturated rings. The van der Waals surface area contributed by atoms with Crippen LogP contribution in [0.5, 0.6) is 5.75 Å². The largest absolute Gasteiger partial charge is 0.492 e. The maximum Gasteiger partial charge on any atom is 0.254 e. The van der Waals surface area contributed by atoms with Crippen LogP contribution in [0, 0.1) is 0 Å². The molecule has 0 bridgehead atoms. The van der Waals surface area contributed by atoms with E-state index in [9.17, 15) is 4.79 Å². The Kier molecular flexibility index (Phi) is 6.50. The van der Waals surface area contributed by atoms with E-state index >= 15 is 0 Å². The number of anilines is 1. The Labute approximate surface area is 208 Å². The summed E-state index contributed by atoms with van der Waals surface area (Å²) in [6.07, 6.45) is 0. The lowest BCUT2D eigenvalue weighted by molar-refractivity contribution is 0.0748. The highest BCUT2D eigenvalue weighted by atomic mass is 79.9. The monoisotopic (exact) mass is 515 g/mol. The molecule has 0 radical (unpaired) electrons. The number of hydrogen-bond acceptors (Lipinski definition) is 4. The van der Waals surface area contributed by atoms with Gasteiger partial charge in [-0.05, 0) is 43.3 Å². The highest BCUT2D eigenvalue weighted by Crippen LogP contribution is 2.31. The Hall–Kier alpha value is -3.38. The first-order valence-corrected chi connectivity index (χ1v) is 12.3. The third-order valence-electron chi connectivity index (χ3n) is 6.14. The predicted molar refractivity (Wildman–Crippen MR) is 141 cm³/mol. The van der Waals surface area contributed by atoms with Crippen LogP contribution in [0.4, 0.5) is 5.69 Å². The summed E-state index contributed by atoms with van der Waals surface area (Å²) in [5, 5.41) is 0.864. The number of aromatic nitrogens is 1. The van der Waals surface area contributed by atoms with Gasteiger partial charge in [0.05, 0.1) is 29.1 Å². The number of rotatable bonds is 5. The third kappa shape index (κ3) is 4.50. The zero-order chi connectivity index (χ0) is 23.5. The van der Waals surface area contributed by atoms with Crippen molar-refractivity contribution >= 4 is 38.4 Å². The number of benzene rings is 3. The van der Waals surface area contributed by atoms with Gasteiger partial charge in [0.1, 0.15) is 5.75 Å². The van der Waals surface area contributed by atoms with Crippen LogP contribution in [0.2, 0.25) is 0 Å². The molecule has 0 spiro atoms. The van der Waals surface area contributed by atoms with Crippen LogP contribution in [0.3, 0.4) is 0 Å². The van der Waals surface area contributed by atoms with Crippen LogP contribution < -0.4 is 9.64 Å². The molecule has 4 aromatic rings. The fourth-order valence-corrected chi connectivity index (χ4v) is 4.81. The van der Waals surface area contributed by atoms with Gasteiger partial charge in [-0.25, -0.2) is 4.98 Å². The average molecular weight is 516 g/mol. The standard InChI is InChI=1S/C28H26BrN3O2/c1-2-34-27-11-7-6-10-26(27)31-14-16-32(17-15-31)28(33)23-19-25(20-8-4-3-5-9-20)30-24-13-12-21(29)18-22(23)24/h3-13,18-19H,2,14-17H2,1H3. The highest BCUT2D eigenvalue weighted by molar-refractivity contribution is 9.10. The zero-order valence-electron chi connectivity index (χ0n) is 19.1. The summed E-state index contributed by atoms with van der Waals surface area (Å²) in [6, 6.07) is 26.0. The number of fused-ring (bicyclic) bond motifs is 1. The van der Waals surface area contributed by atoms with E-state index in [-0.39, 0.29) is 5.91 Å². The molecule has 2 heterocycles. The summed E-state index contributed by atoms with van der Waals surface area (Å²) in [6.45, 7) is 5.44. The van der Waals surface area contributed by atoms with E-state index in [1.807, 2.05) is 84.6 Å². The molecular weight excluding hydrogens is 490 g/mol. The predicted octanol–water partition coefficient (Wildman–Crippen LogP) is 6.03. The molecule has 0 atom stereocenters. The van der Waals surface area contributed by atoms with Crippen LogP contribution in [-0.2, 0) is 0 Å². The maximum absolute atomic E-state index is 13.8. The van der Waals surface area contributed by atoms with Gasteiger partial charge in [-0.3, -0.25) is 4.79 Å². The van der Waals surface area contributed by atoms with Crippen molar-refractivity contribution in [2.24, 2.45) is 0 Å². The van der Waals surface area contributed by atoms with Gasteiger partial charge in [0.2, 0.25) is 0 Å². The van der Waals surface area contributed by atoms with Crippen molar-refractivity contribution in [1.82, 2.24) is 9.88 Å². The molecule has 1 saturated heterocycles. The fourth-order valence-electron chi connectivity index (χ4n) is 4.45. The SMILES string of the molecule is CCOc1ccccc1N1CCN(C(=O)c2cc(-c3ccccc3)nc3ccc(Br)cc23)CC1. The van der Waals surface area contributed by atoms with Crippen molar-refractivity contribution in [1.29, 1.82) is 0 Å². The fraction of sp³-hybridized carbons (Fsp3) is 0.214. The summed E-state index contributed by atoms with van der Waals surface area (Å²) in [5.41, 5.74) is 4.40. The topological polar surface area (TPSA) is 45.7 Å². The molecule has 6 heteroatoms. The number of piperazine rings is 1. The van der Waals surface area contributed by atoms with E-state index in [1.165, 1.54) is 0 Å². The second kappa shape index (κ2) is 9.85. The first-order valence-electron chi connectivity index (χ1n) is 11.6. The van der Waals surface area contributed by atoms with Gasteiger partial charge >= 0.3 is 0 Å². The lowest BCUT2D eigenvalue weighted by Gasteiger charge is -2.37. The summed E-state index contributed by atoms with van der Waals surface area (Å²) in [4.78, 5) is 22.8. The molecular formula is C28H26BrN3O2. The molecule has 34 heavy (non-hydrogen) atoms. The minimum Gasteiger partial charge on any atom is -0.492 e. The Morgan fingerprint density at radius 3 is 2.44 bits per heavy atom. The number of ether oxygens (including phenoxy) is 1. The van der Waals surface area contributed by atoms with Gasteiger partial charge < -0.3 is 14.5 Å². The van der Waals surface area contributed by atoms with Gasteiger partial charge in [-0.1, -0.05) is 58.4 Å². The van der Waals surface area contributed by atoms with Gasteiger partial charge in [-0.2, -0.15) is 0 Å². The number of halogens is 1. The molecule has 0 N–H and O–H groups in total. The molecule has 0 saturated carbocycles. The van der Waals surface area contributed by atoms with Crippen LogP contribution >= 0.6 is 15.9 Å². The Balaban J connectivity index is 1.43. The highest BCUT2D eigenvalue weighted by Gasteiger charge is 2.25. The molecule has 3 aromatic carbocycles. The summed E-state index contributed by atoms with van der Waals surface area (Å²) < 4.78 is 6.75. The van der Waals surface area contributed by atoms with Crippen molar-refractivity contribution in [3.63, 3.8) is 0 Å². The first-order chi connectivity index (χ1) is 16.6. The summed E-state index contributed by atoms with van der Waals surface area (Å²) in [7, 11) is 0. The van der Waals surface area contributed by atoms with Gasteiger partial charge in [0, 0.05) is 41.6 Å². The lowest BCUT2D eigenvalue weighted by atomic mass is 10.0. The van der Waals surface area contributed by atoms with Crippen molar-refractivity contribution in [2.75, 3.05) is 37.7 Å². The lowest BCUT2D eigenvalue weighted by Crippen LogP contribution is -2.49. The molecule has 1 aliphatic rings. The average Bonchev–Trinajstić information content (AvgIpc) is 2.89. The van der Waals surface area contributed by atoms with E-state index in [4.69, 9.17) is 9.72 Å². The van der Waals surface area contributed by atoms with Gasteiger partial charge in [-0.15, -0.1) is 0 Å². The Bertz CT molecular complexity index is 1320. The number of para-hydroxylation sites is 2. The molecule has 172 valence electrons. The van der Waals surface area contributed by atoms with Crippen molar-refractivity contribution in [3.8, 4) is 17.0 Å². The van der Waals surface area contributed by atoms with Crippen molar-refractivity contribution in [3.05, 3.63) is 88.9 Å². The molecule has 0 aliphatic carbocycles. The quantitative estimate of drug-likeness (QED) is 0.325. The molecule has 1 aromatic heterocycles.